The molecule has 2 atom stereocenters. The molecule has 1 saturated carbocycles. The van der Waals surface area contributed by atoms with Crippen LogP contribution in [0.15, 0.2) is 29.3 Å². The Balaban J connectivity index is 0.00000364. The van der Waals surface area contributed by atoms with E-state index in [1.165, 1.54) is 19.3 Å². The van der Waals surface area contributed by atoms with Gasteiger partial charge in [-0.1, -0.05) is 19.1 Å². The van der Waals surface area contributed by atoms with Crippen molar-refractivity contribution < 1.29 is 4.79 Å². The number of nitrogens with one attached hydrogen (secondary N) is 3. The number of rotatable bonds is 8. The molecule has 0 radical (unpaired) electrons. The number of benzene rings is 1. The third-order valence-electron chi connectivity index (χ3n) is 4.51. The molecule has 5 nitrogen and oxygen atoms in total. The average molecular weight is 504 g/mol. The highest BCUT2D eigenvalue weighted by molar-refractivity contribution is 14.0. The SMILES string of the molecule is CCCC(=O)Nc1cccc(CN=C(NCC)NC2CCC(SC)C2)c1.I. The molecule has 0 spiro atoms. The molecule has 2 rings (SSSR count). The van der Waals surface area contributed by atoms with Crippen molar-refractivity contribution in [3.05, 3.63) is 29.8 Å². The molecule has 0 heterocycles. The van der Waals surface area contributed by atoms with E-state index in [1.807, 2.05) is 43.0 Å². The van der Waals surface area contributed by atoms with Gasteiger partial charge in [0.1, 0.15) is 0 Å². The summed E-state index contributed by atoms with van der Waals surface area (Å²) in [7, 11) is 0. The number of aliphatic imine (C=N–C) groups is 1. The summed E-state index contributed by atoms with van der Waals surface area (Å²) in [5.41, 5.74) is 1.93. The summed E-state index contributed by atoms with van der Waals surface area (Å²) >= 11 is 1.96. The van der Waals surface area contributed by atoms with Crippen LogP contribution in [0.1, 0.15) is 51.5 Å². The second-order valence-corrected chi connectivity index (χ2v) is 7.84. The number of carbonyl (C=O) groups excluding carboxylic acids is 1. The minimum atomic E-state index is 0. The molecule has 0 bridgehead atoms. The number of nitrogens with zero attached hydrogens (tertiary/aromatic N) is 1. The highest BCUT2D eigenvalue weighted by Crippen LogP contribution is 2.28. The molecule has 1 aromatic rings. The Kier molecular flexibility index (Phi) is 11.8. The first-order valence-corrected chi connectivity index (χ1v) is 10.9. The van der Waals surface area contributed by atoms with E-state index in [2.05, 4.69) is 29.1 Å². The highest BCUT2D eigenvalue weighted by atomic mass is 127. The van der Waals surface area contributed by atoms with Crippen molar-refractivity contribution >= 4 is 53.3 Å². The van der Waals surface area contributed by atoms with Gasteiger partial charge < -0.3 is 16.0 Å². The van der Waals surface area contributed by atoms with Gasteiger partial charge in [-0.25, -0.2) is 4.99 Å². The summed E-state index contributed by atoms with van der Waals surface area (Å²) < 4.78 is 0. The standard InChI is InChI=1S/C20H32N4OS.HI/c1-4-7-19(25)23-16-9-6-8-15(12-16)14-22-20(21-5-2)24-17-10-11-18(13-17)26-3;/h6,8-9,12,17-18H,4-5,7,10-11,13-14H2,1-3H3,(H,23,25)(H2,21,22,24);1H. The van der Waals surface area contributed by atoms with Crippen LogP contribution >= 0.6 is 35.7 Å². The Hall–Kier alpha value is -0.960. The molecule has 152 valence electrons. The largest absolute Gasteiger partial charge is 0.357 e. The van der Waals surface area contributed by atoms with Crippen LogP contribution in [-0.4, -0.2) is 36.0 Å². The maximum atomic E-state index is 11.8. The van der Waals surface area contributed by atoms with E-state index in [1.54, 1.807) is 0 Å². The number of carbonyl (C=O) groups is 1. The van der Waals surface area contributed by atoms with Gasteiger partial charge in [-0.3, -0.25) is 4.79 Å². The second kappa shape index (κ2) is 13.3. The van der Waals surface area contributed by atoms with Crippen LogP contribution in [0.2, 0.25) is 0 Å². The molecule has 2 unspecified atom stereocenters. The zero-order valence-corrected chi connectivity index (χ0v) is 19.7. The van der Waals surface area contributed by atoms with Crippen LogP contribution in [-0.2, 0) is 11.3 Å². The second-order valence-electron chi connectivity index (χ2n) is 6.71. The van der Waals surface area contributed by atoms with Crippen molar-refractivity contribution in [1.29, 1.82) is 0 Å². The molecule has 1 aromatic carbocycles. The minimum Gasteiger partial charge on any atom is -0.357 e. The molecule has 1 amide bonds. The fraction of sp³-hybridized carbons (Fsp3) is 0.600. The van der Waals surface area contributed by atoms with Crippen LogP contribution in [0.4, 0.5) is 5.69 Å². The Morgan fingerprint density at radius 2 is 2.11 bits per heavy atom. The summed E-state index contributed by atoms with van der Waals surface area (Å²) in [5.74, 6) is 0.937. The molecule has 27 heavy (non-hydrogen) atoms. The molecule has 1 fully saturated rings. The van der Waals surface area contributed by atoms with Gasteiger partial charge in [-0.05, 0) is 56.6 Å². The van der Waals surface area contributed by atoms with Crippen LogP contribution in [0.3, 0.4) is 0 Å². The molecule has 7 heteroatoms. The minimum absolute atomic E-state index is 0. The molecule has 1 aliphatic rings. The Labute approximate surface area is 185 Å². The zero-order chi connectivity index (χ0) is 18.8. The van der Waals surface area contributed by atoms with E-state index in [4.69, 9.17) is 4.99 Å². The summed E-state index contributed by atoms with van der Waals surface area (Å²) in [4.78, 5) is 16.5. The smallest absolute Gasteiger partial charge is 0.224 e. The van der Waals surface area contributed by atoms with Gasteiger partial charge in [0.25, 0.3) is 0 Å². The van der Waals surface area contributed by atoms with E-state index in [0.29, 0.717) is 19.0 Å². The van der Waals surface area contributed by atoms with E-state index < -0.39 is 0 Å². The van der Waals surface area contributed by atoms with E-state index >= 15 is 0 Å². The Bertz CT molecular complexity index is 611. The predicted octanol–water partition coefficient (Wildman–Crippen LogP) is 4.38. The van der Waals surface area contributed by atoms with Crippen molar-refractivity contribution in [2.75, 3.05) is 18.1 Å². The lowest BCUT2D eigenvalue weighted by atomic mass is 10.2. The van der Waals surface area contributed by atoms with Crippen molar-refractivity contribution in [2.24, 2.45) is 4.99 Å². The third-order valence-corrected chi connectivity index (χ3v) is 5.61. The van der Waals surface area contributed by atoms with Crippen LogP contribution in [0, 0.1) is 0 Å². The van der Waals surface area contributed by atoms with E-state index in [0.717, 1.165) is 35.4 Å². The van der Waals surface area contributed by atoms with Gasteiger partial charge >= 0.3 is 0 Å². The third kappa shape index (κ3) is 8.72. The molecule has 0 aliphatic heterocycles. The van der Waals surface area contributed by atoms with Gasteiger partial charge in [0.2, 0.25) is 5.91 Å². The van der Waals surface area contributed by atoms with Crippen molar-refractivity contribution in [1.82, 2.24) is 10.6 Å². The molecule has 0 aromatic heterocycles. The first kappa shape index (κ1) is 24.1. The van der Waals surface area contributed by atoms with Crippen LogP contribution < -0.4 is 16.0 Å². The predicted molar refractivity (Wildman–Crippen MR) is 128 cm³/mol. The highest BCUT2D eigenvalue weighted by Gasteiger charge is 2.24. The number of halogens is 1. The van der Waals surface area contributed by atoms with Gasteiger partial charge in [-0.15, -0.1) is 24.0 Å². The van der Waals surface area contributed by atoms with Gasteiger partial charge in [0.15, 0.2) is 5.96 Å². The quantitative estimate of drug-likeness (QED) is 0.279. The summed E-state index contributed by atoms with van der Waals surface area (Å²) in [5, 5.41) is 10.6. The normalized spacial score (nSPS) is 19.3. The first-order valence-electron chi connectivity index (χ1n) is 9.61. The number of thioether (sulfide) groups is 1. The number of hydrogen-bond donors (Lipinski definition) is 3. The number of guanidine groups is 1. The van der Waals surface area contributed by atoms with Crippen molar-refractivity contribution in [2.45, 2.75) is 63.8 Å². The number of amides is 1. The summed E-state index contributed by atoms with van der Waals surface area (Å²) in [6, 6.07) is 8.44. The van der Waals surface area contributed by atoms with Crippen molar-refractivity contribution in [3.63, 3.8) is 0 Å². The topological polar surface area (TPSA) is 65.5 Å². The lowest BCUT2D eigenvalue weighted by Gasteiger charge is -2.17. The van der Waals surface area contributed by atoms with Crippen LogP contribution in [0.5, 0.6) is 0 Å². The Morgan fingerprint density at radius 1 is 1.30 bits per heavy atom. The molecular weight excluding hydrogens is 471 g/mol. The van der Waals surface area contributed by atoms with Gasteiger partial charge in [0.05, 0.1) is 6.54 Å². The molecule has 3 N–H and O–H groups in total. The number of hydrogen-bond acceptors (Lipinski definition) is 3. The lowest BCUT2D eigenvalue weighted by molar-refractivity contribution is -0.116. The summed E-state index contributed by atoms with van der Waals surface area (Å²) in [6.45, 7) is 5.52. The molecular formula is C20H33IN4OS. The Morgan fingerprint density at radius 3 is 2.78 bits per heavy atom. The van der Waals surface area contributed by atoms with Gasteiger partial charge in [0, 0.05) is 29.9 Å². The van der Waals surface area contributed by atoms with Gasteiger partial charge in [-0.2, -0.15) is 11.8 Å². The fourth-order valence-electron chi connectivity index (χ4n) is 3.17. The molecule has 1 aliphatic carbocycles. The lowest BCUT2D eigenvalue weighted by Crippen LogP contribution is -2.42. The maximum Gasteiger partial charge on any atom is 0.224 e. The monoisotopic (exact) mass is 504 g/mol. The van der Waals surface area contributed by atoms with E-state index in [-0.39, 0.29) is 29.9 Å². The van der Waals surface area contributed by atoms with Crippen molar-refractivity contribution in [3.8, 4) is 0 Å². The molecule has 0 saturated heterocycles. The number of anilines is 1. The first-order chi connectivity index (χ1) is 12.6. The maximum absolute atomic E-state index is 11.8. The average Bonchev–Trinajstić information content (AvgIpc) is 3.08. The van der Waals surface area contributed by atoms with Crippen LogP contribution in [0.25, 0.3) is 0 Å². The summed E-state index contributed by atoms with van der Waals surface area (Å²) in [6.07, 6.45) is 7.27. The van der Waals surface area contributed by atoms with E-state index in [9.17, 15) is 4.79 Å². The fourth-order valence-corrected chi connectivity index (χ4v) is 3.96. The zero-order valence-electron chi connectivity index (χ0n) is 16.6.